The van der Waals surface area contributed by atoms with E-state index in [1.165, 1.54) is 24.3 Å². The van der Waals surface area contributed by atoms with Gasteiger partial charge in [0.1, 0.15) is 5.56 Å². The number of carboxylic acids is 1. The molecule has 1 aliphatic carbocycles. The van der Waals surface area contributed by atoms with Crippen molar-refractivity contribution in [3.8, 4) is 5.69 Å². The SMILES string of the molecule is CCC1(C(=O)Nc2ccc(-n3ncc(C(=O)O)c3C(F)(F)F)cc2)CC1. The van der Waals surface area contributed by atoms with Crippen molar-refractivity contribution in [2.75, 3.05) is 5.32 Å². The van der Waals surface area contributed by atoms with Crippen molar-refractivity contribution in [3.05, 3.63) is 41.7 Å². The fraction of sp³-hybridized carbons (Fsp3) is 0.353. The van der Waals surface area contributed by atoms with Gasteiger partial charge in [0.15, 0.2) is 5.69 Å². The van der Waals surface area contributed by atoms with E-state index in [4.69, 9.17) is 5.11 Å². The second-order valence-electron chi connectivity index (χ2n) is 6.26. The van der Waals surface area contributed by atoms with Crippen LogP contribution in [0.2, 0.25) is 0 Å². The zero-order valence-electron chi connectivity index (χ0n) is 13.8. The number of carbonyl (C=O) groups is 2. The van der Waals surface area contributed by atoms with Crippen molar-refractivity contribution >= 4 is 17.6 Å². The van der Waals surface area contributed by atoms with E-state index in [9.17, 15) is 22.8 Å². The highest BCUT2D eigenvalue weighted by molar-refractivity contribution is 5.97. The molecule has 0 atom stereocenters. The van der Waals surface area contributed by atoms with Gasteiger partial charge in [-0.1, -0.05) is 6.92 Å². The number of nitrogens with one attached hydrogen (secondary N) is 1. The predicted octanol–water partition coefficient (Wildman–Crippen LogP) is 3.72. The molecule has 0 aliphatic heterocycles. The Morgan fingerprint density at radius 2 is 1.88 bits per heavy atom. The summed E-state index contributed by atoms with van der Waals surface area (Å²) in [6.07, 6.45) is -1.83. The molecule has 138 valence electrons. The molecule has 0 unspecified atom stereocenters. The monoisotopic (exact) mass is 367 g/mol. The number of hydrogen-bond donors (Lipinski definition) is 2. The molecule has 1 aromatic carbocycles. The molecule has 1 amide bonds. The third-order valence-electron chi connectivity index (χ3n) is 4.65. The number of rotatable bonds is 5. The first-order chi connectivity index (χ1) is 12.2. The molecule has 1 saturated carbocycles. The summed E-state index contributed by atoms with van der Waals surface area (Å²) in [5.41, 5.74) is -2.11. The lowest BCUT2D eigenvalue weighted by Crippen LogP contribution is -2.23. The van der Waals surface area contributed by atoms with E-state index < -0.39 is 23.4 Å². The molecule has 2 N–H and O–H groups in total. The van der Waals surface area contributed by atoms with Crippen LogP contribution in [-0.4, -0.2) is 26.8 Å². The summed E-state index contributed by atoms with van der Waals surface area (Å²) in [7, 11) is 0. The van der Waals surface area contributed by atoms with Crippen LogP contribution in [0.15, 0.2) is 30.5 Å². The molecule has 0 spiro atoms. The number of nitrogens with zero attached hydrogens (tertiary/aromatic N) is 2. The highest BCUT2D eigenvalue weighted by Crippen LogP contribution is 2.49. The first kappa shape index (κ1) is 18.0. The minimum Gasteiger partial charge on any atom is -0.478 e. The fourth-order valence-corrected chi connectivity index (χ4v) is 2.82. The Bertz CT molecular complexity index is 852. The molecule has 1 fully saturated rings. The Morgan fingerprint density at radius 1 is 1.27 bits per heavy atom. The van der Waals surface area contributed by atoms with E-state index in [-0.39, 0.29) is 17.0 Å². The predicted molar refractivity (Wildman–Crippen MR) is 86.1 cm³/mol. The Hall–Kier alpha value is -2.84. The number of alkyl halides is 3. The second kappa shape index (κ2) is 6.15. The van der Waals surface area contributed by atoms with Gasteiger partial charge in [-0.15, -0.1) is 0 Å². The number of halogens is 3. The molecule has 1 aromatic heterocycles. The van der Waals surface area contributed by atoms with Gasteiger partial charge in [-0.05, 0) is 43.5 Å². The highest BCUT2D eigenvalue weighted by atomic mass is 19.4. The van der Waals surface area contributed by atoms with Crippen molar-refractivity contribution < 1.29 is 27.9 Å². The average molecular weight is 367 g/mol. The molecule has 6 nitrogen and oxygen atoms in total. The maximum absolute atomic E-state index is 13.2. The third kappa shape index (κ3) is 3.16. The molecular weight excluding hydrogens is 351 g/mol. The Labute approximate surface area is 146 Å². The maximum atomic E-state index is 13.2. The topological polar surface area (TPSA) is 84.2 Å². The van der Waals surface area contributed by atoms with E-state index in [1.54, 1.807) is 0 Å². The van der Waals surface area contributed by atoms with Crippen molar-refractivity contribution in [1.29, 1.82) is 0 Å². The number of benzene rings is 1. The van der Waals surface area contributed by atoms with Crippen molar-refractivity contribution in [1.82, 2.24) is 9.78 Å². The first-order valence-electron chi connectivity index (χ1n) is 7.98. The molecule has 1 aliphatic rings. The highest BCUT2D eigenvalue weighted by Gasteiger charge is 2.48. The summed E-state index contributed by atoms with van der Waals surface area (Å²) in [4.78, 5) is 23.2. The standard InChI is InChI=1S/C17H16F3N3O3/c1-2-16(7-8-16)15(26)22-10-3-5-11(6-4-10)23-13(17(18,19)20)12(9-21-23)14(24)25/h3-6,9H,2,7-8H2,1H3,(H,22,26)(H,24,25). The lowest BCUT2D eigenvalue weighted by Gasteiger charge is -2.14. The largest absolute Gasteiger partial charge is 0.478 e. The van der Waals surface area contributed by atoms with Crippen LogP contribution in [0.1, 0.15) is 42.2 Å². The van der Waals surface area contributed by atoms with E-state index in [1.807, 2.05) is 6.92 Å². The number of hydrogen-bond acceptors (Lipinski definition) is 3. The maximum Gasteiger partial charge on any atom is 0.434 e. The molecule has 3 rings (SSSR count). The molecule has 0 saturated heterocycles. The van der Waals surface area contributed by atoms with Gasteiger partial charge in [0, 0.05) is 11.1 Å². The zero-order chi connectivity index (χ0) is 19.1. The van der Waals surface area contributed by atoms with Crippen LogP contribution < -0.4 is 5.32 Å². The smallest absolute Gasteiger partial charge is 0.434 e. The van der Waals surface area contributed by atoms with E-state index in [2.05, 4.69) is 10.4 Å². The quantitative estimate of drug-likeness (QED) is 0.844. The second-order valence-corrected chi connectivity index (χ2v) is 6.26. The lowest BCUT2D eigenvalue weighted by atomic mass is 10.0. The van der Waals surface area contributed by atoms with Gasteiger partial charge in [0.2, 0.25) is 5.91 Å². The van der Waals surface area contributed by atoms with Crippen molar-refractivity contribution in [2.24, 2.45) is 5.41 Å². The molecular formula is C17H16F3N3O3. The number of amides is 1. The molecule has 9 heteroatoms. The fourth-order valence-electron chi connectivity index (χ4n) is 2.82. The van der Waals surface area contributed by atoms with E-state index in [0.717, 1.165) is 19.3 Å². The van der Waals surface area contributed by atoms with E-state index in [0.29, 0.717) is 16.6 Å². The van der Waals surface area contributed by atoms with Gasteiger partial charge in [-0.25, -0.2) is 9.48 Å². The summed E-state index contributed by atoms with van der Waals surface area (Å²) >= 11 is 0. The Kier molecular flexibility index (Phi) is 4.25. The average Bonchev–Trinajstić information content (AvgIpc) is 3.24. The number of aromatic nitrogens is 2. The zero-order valence-corrected chi connectivity index (χ0v) is 13.8. The van der Waals surface area contributed by atoms with Gasteiger partial charge in [-0.2, -0.15) is 18.3 Å². The minimum atomic E-state index is -4.88. The molecule has 26 heavy (non-hydrogen) atoms. The first-order valence-corrected chi connectivity index (χ1v) is 7.98. The summed E-state index contributed by atoms with van der Waals surface area (Å²) in [5, 5.41) is 15.3. The number of carbonyl (C=O) groups excluding carboxylic acids is 1. The van der Waals surface area contributed by atoms with Crippen molar-refractivity contribution in [2.45, 2.75) is 32.4 Å². The van der Waals surface area contributed by atoms with Crippen LogP contribution >= 0.6 is 0 Å². The lowest BCUT2D eigenvalue weighted by molar-refractivity contribution is -0.143. The minimum absolute atomic E-state index is 0.0412. The van der Waals surface area contributed by atoms with Crippen LogP contribution in [0.5, 0.6) is 0 Å². The number of anilines is 1. The third-order valence-corrected chi connectivity index (χ3v) is 4.65. The summed E-state index contributed by atoms with van der Waals surface area (Å²) in [6, 6.07) is 5.60. The number of carboxylic acid groups (broad SMARTS) is 1. The summed E-state index contributed by atoms with van der Waals surface area (Å²) in [6.45, 7) is 1.94. The molecule has 2 aromatic rings. The molecule has 0 bridgehead atoms. The Morgan fingerprint density at radius 3 is 2.35 bits per heavy atom. The number of aromatic carboxylic acids is 1. The molecule has 1 heterocycles. The Balaban J connectivity index is 1.88. The van der Waals surface area contributed by atoms with E-state index >= 15 is 0 Å². The van der Waals surface area contributed by atoms with Crippen LogP contribution in [0, 0.1) is 5.41 Å². The van der Waals surface area contributed by atoms with Crippen LogP contribution in [0.3, 0.4) is 0 Å². The normalized spacial score (nSPS) is 15.5. The van der Waals surface area contributed by atoms with Crippen LogP contribution in [-0.2, 0) is 11.0 Å². The van der Waals surface area contributed by atoms with Gasteiger partial charge in [0.05, 0.1) is 11.9 Å². The van der Waals surface area contributed by atoms with Gasteiger partial charge in [-0.3, -0.25) is 4.79 Å². The van der Waals surface area contributed by atoms with Gasteiger partial charge in [0.25, 0.3) is 0 Å². The van der Waals surface area contributed by atoms with Gasteiger partial charge >= 0.3 is 12.1 Å². The summed E-state index contributed by atoms with van der Waals surface area (Å²) < 4.78 is 40.2. The summed E-state index contributed by atoms with van der Waals surface area (Å²) in [5.74, 6) is -1.81. The van der Waals surface area contributed by atoms with Crippen molar-refractivity contribution in [3.63, 3.8) is 0 Å². The van der Waals surface area contributed by atoms with Gasteiger partial charge < -0.3 is 10.4 Å². The van der Waals surface area contributed by atoms with Crippen LogP contribution in [0.25, 0.3) is 5.69 Å². The molecule has 0 radical (unpaired) electrons. The van der Waals surface area contributed by atoms with Crippen LogP contribution in [0.4, 0.5) is 18.9 Å².